The first-order valence-electron chi connectivity index (χ1n) is 4.80. The van der Waals surface area contributed by atoms with E-state index < -0.39 is 10.2 Å². The third-order valence-corrected chi connectivity index (χ3v) is 3.85. The summed E-state index contributed by atoms with van der Waals surface area (Å²) in [6.07, 6.45) is 3.20. The third kappa shape index (κ3) is 4.14. The van der Waals surface area contributed by atoms with Gasteiger partial charge < -0.3 is 0 Å². The van der Waals surface area contributed by atoms with Gasteiger partial charge in [-0.15, -0.1) is 13.2 Å². The molecule has 0 saturated heterocycles. The second kappa shape index (κ2) is 7.17. The van der Waals surface area contributed by atoms with Crippen LogP contribution in [0.2, 0.25) is 0 Å². The SMILES string of the molecule is C=CCN(CC=C)S(=O)(=O)N(C)CCC#N. The van der Waals surface area contributed by atoms with E-state index in [1.54, 1.807) is 0 Å². The Morgan fingerprint density at radius 1 is 1.31 bits per heavy atom. The lowest BCUT2D eigenvalue weighted by Gasteiger charge is -2.25. The topological polar surface area (TPSA) is 64.4 Å². The van der Waals surface area contributed by atoms with Gasteiger partial charge in [0.05, 0.1) is 6.07 Å². The first-order chi connectivity index (χ1) is 7.50. The Morgan fingerprint density at radius 3 is 2.19 bits per heavy atom. The minimum absolute atomic E-state index is 0.172. The van der Waals surface area contributed by atoms with Crippen LogP contribution in [0, 0.1) is 11.3 Å². The fraction of sp³-hybridized carbons (Fsp3) is 0.500. The number of nitriles is 1. The van der Waals surface area contributed by atoms with Gasteiger partial charge in [0.2, 0.25) is 0 Å². The summed E-state index contributed by atoms with van der Waals surface area (Å²) in [5.74, 6) is 0. The van der Waals surface area contributed by atoms with E-state index in [1.807, 2.05) is 6.07 Å². The molecule has 0 aromatic carbocycles. The summed E-state index contributed by atoms with van der Waals surface area (Å²) in [7, 11) is -2.07. The summed E-state index contributed by atoms with van der Waals surface area (Å²) in [4.78, 5) is 0. The van der Waals surface area contributed by atoms with Crippen LogP contribution in [0.15, 0.2) is 25.3 Å². The molecule has 0 bridgehead atoms. The van der Waals surface area contributed by atoms with Crippen LogP contribution in [0.5, 0.6) is 0 Å². The van der Waals surface area contributed by atoms with Crippen LogP contribution in [0.4, 0.5) is 0 Å². The van der Waals surface area contributed by atoms with E-state index in [9.17, 15) is 8.42 Å². The summed E-state index contributed by atoms with van der Waals surface area (Å²) in [5.41, 5.74) is 0. The van der Waals surface area contributed by atoms with Gasteiger partial charge in [-0.2, -0.15) is 22.3 Å². The van der Waals surface area contributed by atoms with Crippen molar-refractivity contribution in [3.63, 3.8) is 0 Å². The highest BCUT2D eigenvalue weighted by Gasteiger charge is 2.24. The molecule has 0 unspecified atom stereocenters. The molecule has 0 aliphatic heterocycles. The van der Waals surface area contributed by atoms with Crippen LogP contribution in [-0.2, 0) is 10.2 Å². The maximum Gasteiger partial charge on any atom is 0.282 e. The van der Waals surface area contributed by atoms with E-state index in [1.165, 1.54) is 23.5 Å². The molecule has 0 aliphatic rings. The minimum Gasteiger partial charge on any atom is -0.198 e. The highest BCUT2D eigenvalue weighted by molar-refractivity contribution is 7.86. The highest BCUT2D eigenvalue weighted by Crippen LogP contribution is 2.06. The average Bonchev–Trinajstić information content (AvgIpc) is 2.25. The largest absolute Gasteiger partial charge is 0.282 e. The number of rotatable bonds is 8. The summed E-state index contributed by atoms with van der Waals surface area (Å²) in [5, 5.41) is 8.41. The van der Waals surface area contributed by atoms with Crippen molar-refractivity contribution in [1.29, 1.82) is 5.26 Å². The Bertz CT molecular complexity index is 360. The maximum atomic E-state index is 12.0. The minimum atomic E-state index is -3.52. The van der Waals surface area contributed by atoms with Crippen LogP contribution < -0.4 is 0 Å². The predicted octanol–water partition coefficient (Wildman–Crippen LogP) is 0.751. The first kappa shape index (κ1) is 14.8. The third-order valence-electron chi connectivity index (χ3n) is 1.92. The van der Waals surface area contributed by atoms with Gasteiger partial charge in [0, 0.05) is 33.1 Å². The Labute approximate surface area is 97.5 Å². The van der Waals surface area contributed by atoms with Gasteiger partial charge >= 0.3 is 0 Å². The summed E-state index contributed by atoms with van der Waals surface area (Å²) in [6.45, 7) is 7.65. The van der Waals surface area contributed by atoms with Crippen molar-refractivity contribution in [2.45, 2.75) is 6.42 Å². The molecule has 0 saturated carbocycles. The quantitative estimate of drug-likeness (QED) is 0.591. The molecule has 0 heterocycles. The molecular formula is C10H17N3O2S. The van der Waals surface area contributed by atoms with E-state index in [2.05, 4.69) is 13.2 Å². The van der Waals surface area contributed by atoms with Crippen LogP contribution >= 0.6 is 0 Å². The van der Waals surface area contributed by atoms with E-state index in [-0.39, 0.29) is 26.1 Å². The molecule has 0 N–H and O–H groups in total. The van der Waals surface area contributed by atoms with Crippen molar-refractivity contribution in [3.8, 4) is 6.07 Å². The van der Waals surface area contributed by atoms with Gasteiger partial charge in [-0.05, 0) is 0 Å². The number of hydrogen-bond acceptors (Lipinski definition) is 3. The Balaban J connectivity index is 4.76. The number of hydrogen-bond donors (Lipinski definition) is 0. The van der Waals surface area contributed by atoms with Gasteiger partial charge in [0.15, 0.2) is 0 Å². The fourth-order valence-corrected chi connectivity index (χ4v) is 2.37. The highest BCUT2D eigenvalue weighted by atomic mass is 32.2. The van der Waals surface area contributed by atoms with Gasteiger partial charge in [0.1, 0.15) is 0 Å². The molecule has 0 radical (unpaired) electrons. The van der Waals surface area contributed by atoms with Gasteiger partial charge in [-0.1, -0.05) is 12.2 Å². The van der Waals surface area contributed by atoms with E-state index in [4.69, 9.17) is 5.26 Å². The number of nitrogens with zero attached hydrogens (tertiary/aromatic N) is 3. The van der Waals surface area contributed by atoms with Crippen molar-refractivity contribution in [2.75, 3.05) is 26.7 Å². The molecule has 6 heteroatoms. The molecular weight excluding hydrogens is 226 g/mol. The molecule has 0 atom stereocenters. The zero-order chi connectivity index (χ0) is 12.6. The van der Waals surface area contributed by atoms with E-state index >= 15 is 0 Å². The normalized spacial score (nSPS) is 11.4. The second-order valence-electron chi connectivity index (χ2n) is 3.13. The molecule has 5 nitrogen and oxygen atoms in total. The molecule has 16 heavy (non-hydrogen) atoms. The molecule has 0 amide bonds. The molecule has 0 aromatic rings. The van der Waals surface area contributed by atoms with Crippen LogP contribution in [-0.4, -0.2) is 43.7 Å². The molecule has 0 rings (SSSR count). The Hall–Kier alpha value is -1.16. The van der Waals surface area contributed by atoms with Gasteiger partial charge in [-0.3, -0.25) is 0 Å². The summed E-state index contributed by atoms with van der Waals surface area (Å²) in [6, 6.07) is 1.91. The fourth-order valence-electron chi connectivity index (χ4n) is 1.07. The standard InChI is InChI=1S/C10H17N3O2S/c1-4-8-13(9-5-2)16(14,15)12(3)10-6-7-11/h4-5H,1-2,6,8-10H2,3H3. The van der Waals surface area contributed by atoms with Gasteiger partial charge in [-0.25, -0.2) is 0 Å². The summed E-state index contributed by atoms with van der Waals surface area (Å²) < 4.78 is 26.3. The smallest absolute Gasteiger partial charge is 0.198 e. The monoisotopic (exact) mass is 243 g/mol. The molecule has 0 spiro atoms. The molecule has 0 fully saturated rings. The average molecular weight is 243 g/mol. The molecule has 0 aromatic heterocycles. The van der Waals surface area contributed by atoms with Crippen LogP contribution in [0.25, 0.3) is 0 Å². The van der Waals surface area contributed by atoms with Crippen molar-refractivity contribution >= 4 is 10.2 Å². The van der Waals surface area contributed by atoms with Crippen molar-refractivity contribution in [3.05, 3.63) is 25.3 Å². The first-order valence-corrected chi connectivity index (χ1v) is 6.20. The lowest BCUT2D eigenvalue weighted by molar-refractivity contribution is 0.396. The van der Waals surface area contributed by atoms with Crippen molar-refractivity contribution < 1.29 is 8.42 Å². The lowest BCUT2D eigenvalue weighted by Crippen LogP contribution is -2.42. The zero-order valence-corrected chi connectivity index (χ0v) is 10.3. The second-order valence-corrected chi connectivity index (χ2v) is 5.17. The predicted molar refractivity (Wildman–Crippen MR) is 63.7 cm³/mol. The van der Waals surface area contributed by atoms with Gasteiger partial charge in [0.25, 0.3) is 10.2 Å². The maximum absolute atomic E-state index is 12.0. The molecule has 0 aliphatic carbocycles. The van der Waals surface area contributed by atoms with Crippen molar-refractivity contribution in [1.82, 2.24) is 8.61 Å². The summed E-state index contributed by atoms with van der Waals surface area (Å²) >= 11 is 0. The zero-order valence-electron chi connectivity index (χ0n) is 9.46. The van der Waals surface area contributed by atoms with E-state index in [0.29, 0.717) is 0 Å². The Kier molecular flexibility index (Phi) is 6.65. The van der Waals surface area contributed by atoms with Crippen LogP contribution in [0.1, 0.15) is 6.42 Å². The lowest BCUT2D eigenvalue weighted by atomic mass is 10.5. The Morgan fingerprint density at radius 2 is 1.81 bits per heavy atom. The van der Waals surface area contributed by atoms with E-state index in [0.717, 1.165) is 4.31 Å². The molecule has 90 valence electrons. The van der Waals surface area contributed by atoms with Crippen LogP contribution in [0.3, 0.4) is 0 Å². The van der Waals surface area contributed by atoms with Crippen molar-refractivity contribution in [2.24, 2.45) is 0 Å².